The number of pyridine rings is 1. The zero-order chi connectivity index (χ0) is 22.2. The van der Waals surface area contributed by atoms with E-state index in [2.05, 4.69) is 11.9 Å². The predicted octanol–water partition coefficient (Wildman–Crippen LogP) is 4.86. The van der Waals surface area contributed by atoms with Crippen LogP contribution in [0.4, 0.5) is 8.78 Å². The molecule has 31 heavy (non-hydrogen) atoms. The first-order chi connectivity index (χ1) is 14.7. The summed E-state index contributed by atoms with van der Waals surface area (Å²) in [5.41, 5.74) is 1.54. The lowest BCUT2D eigenvalue weighted by Crippen LogP contribution is -2.34. The van der Waals surface area contributed by atoms with Gasteiger partial charge in [-0.15, -0.1) is 0 Å². The first-order valence-electron chi connectivity index (χ1n) is 9.81. The van der Waals surface area contributed by atoms with Gasteiger partial charge in [-0.3, -0.25) is 4.21 Å². The second-order valence-electron chi connectivity index (χ2n) is 7.81. The number of imidazole rings is 1. The molecule has 166 valence electrons. The molecule has 1 saturated heterocycles. The number of hydrogen-bond donors (Lipinski definition) is 0. The number of aryl methyl sites for hydroxylation is 1. The van der Waals surface area contributed by atoms with Crippen LogP contribution in [-0.4, -0.2) is 43.3 Å². The molecule has 0 N–H and O–H groups in total. The molecule has 0 spiro atoms. The number of aromatic nitrogens is 3. The lowest BCUT2D eigenvalue weighted by molar-refractivity contribution is 0.0804. The molecule has 1 aliphatic rings. The highest BCUT2D eigenvalue weighted by molar-refractivity contribution is 7.85. The van der Waals surface area contributed by atoms with E-state index in [4.69, 9.17) is 26.1 Å². The molecule has 0 amide bonds. The van der Waals surface area contributed by atoms with E-state index in [9.17, 15) is 13.0 Å². The van der Waals surface area contributed by atoms with Crippen molar-refractivity contribution in [2.24, 2.45) is 7.05 Å². The third kappa shape index (κ3) is 4.67. The molecular weight excluding hydrogens is 448 g/mol. The Labute approximate surface area is 186 Å². The van der Waals surface area contributed by atoms with Gasteiger partial charge in [0.1, 0.15) is 18.2 Å². The number of fused-ring (bicyclic) bond motifs is 1. The molecule has 1 fully saturated rings. The number of rotatable bonds is 6. The number of ether oxygens (including phenoxy) is 2. The van der Waals surface area contributed by atoms with Crippen molar-refractivity contribution in [2.75, 3.05) is 18.1 Å². The molecule has 1 aliphatic heterocycles. The van der Waals surface area contributed by atoms with Crippen molar-refractivity contribution < 1.29 is 22.5 Å². The Kier molecular flexibility index (Phi) is 6.16. The van der Waals surface area contributed by atoms with E-state index >= 15 is 0 Å². The fourth-order valence-corrected chi connectivity index (χ4v) is 5.46. The van der Waals surface area contributed by atoms with Crippen LogP contribution >= 0.6 is 11.6 Å². The molecular formula is C21H22ClF2N3O3S. The van der Waals surface area contributed by atoms with Crippen LogP contribution in [0.5, 0.6) is 17.4 Å². The summed E-state index contributed by atoms with van der Waals surface area (Å²) in [5.74, 6) is 2.86. The molecule has 3 heterocycles. The molecule has 0 atom stereocenters. The van der Waals surface area contributed by atoms with Gasteiger partial charge in [0.2, 0.25) is 0 Å². The van der Waals surface area contributed by atoms with Gasteiger partial charge in [0.05, 0.1) is 16.1 Å². The molecule has 0 aliphatic carbocycles. The molecule has 0 saturated carbocycles. The number of nitrogens with zero attached hydrogens (tertiary/aromatic N) is 3. The Bertz CT molecular complexity index is 1130. The molecule has 10 heteroatoms. The van der Waals surface area contributed by atoms with Crippen LogP contribution in [0.25, 0.3) is 11.0 Å². The smallest absolute Gasteiger partial charge is 0.272 e. The summed E-state index contributed by atoms with van der Waals surface area (Å²) in [4.78, 5) is 8.90. The van der Waals surface area contributed by atoms with Crippen LogP contribution in [0.15, 0.2) is 30.5 Å². The summed E-state index contributed by atoms with van der Waals surface area (Å²) in [6.07, 6.45) is 0.370. The van der Waals surface area contributed by atoms with E-state index in [1.807, 2.05) is 23.7 Å². The number of alkyl halides is 2. The van der Waals surface area contributed by atoms with Crippen molar-refractivity contribution in [1.29, 1.82) is 0 Å². The average Bonchev–Trinajstić information content (AvgIpc) is 3.07. The Morgan fingerprint density at radius 3 is 2.74 bits per heavy atom. The van der Waals surface area contributed by atoms with E-state index < -0.39 is 23.8 Å². The Morgan fingerprint density at radius 1 is 1.29 bits per heavy atom. The highest BCUT2D eigenvalue weighted by atomic mass is 35.5. The maximum absolute atomic E-state index is 12.6. The van der Waals surface area contributed by atoms with Crippen LogP contribution in [0.1, 0.15) is 25.6 Å². The predicted molar refractivity (Wildman–Crippen MR) is 116 cm³/mol. The van der Waals surface area contributed by atoms with Gasteiger partial charge >= 0.3 is 0 Å². The minimum atomic E-state index is -2.63. The van der Waals surface area contributed by atoms with E-state index in [-0.39, 0.29) is 22.1 Å². The second-order valence-corrected chi connectivity index (χ2v) is 9.95. The zero-order valence-corrected chi connectivity index (χ0v) is 18.7. The SMILES string of the molecule is Cn1c(C2(C)CCS(=O)CC2)nc2ccc(Oc3ncc(Cl)cc3OCC(F)F)cc21. The quantitative estimate of drug-likeness (QED) is 0.516. The summed E-state index contributed by atoms with van der Waals surface area (Å²) in [7, 11) is 1.20. The van der Waals surface area contributed by atoms with Crippen LogP contribution in [0.2, 0.25) is 5.02 Å². The minimum absolute atomic E-state index is 0.0429. The minimum Gasteiger partial charge on any atom is -0.482 e. The van der Waals surface area contributed by atoms with Gasteiger partial charge < -0.3 is 14.0 Å². The average molecular weight is 470 g/mol. The first-order valence-corrected chi connectivity index (χ1v) is 11.7. The second kappa shape index (κ2) is 8.70. The van der Waals surface area contributed by atoms with Crippen molar-refractivity contribution >= 4 is 33.4 Å². The van der Waals surface area contributed by atoms with E-state index in [1.165, 1.54) is 12.3 Å². The molecule has 0 unspecified atom stereocenters. The summed E-state index contributed by atoms with van der Waals surface area (Å²) >= 11 is 5.92. The molecule has 4 rings (SSSR count). The third-order valence-corrected chi connectivity index (χ3v) is 7.05. The van der Waals surface area contributed by atoms with E-state index in [0.717, 1.165) is 29.7 Å². The topological polar surface area (TPSA) is 66.2 Å². The fraction of sp³-hybridized carbons (Fsp3) is 0.429. The molecule has 0 bridgehead atoms. The van der Waals surface area contributed by atoms with Gasteiger partial charge in [-0.2, -0.15) is 0 Å². The summed E-state index contributed by atoms with van der Waals surface area (Å²) in [5, 5.41) is 0.255. The largest absolute Gasteiger partial charge is 0.482 e. The van der Waals surface area contributed by atoms with Crippen LogP contribution in [0, 0.1) is 0 Å². The maximum atomic E-state index is 12.6. The van der Waals surface area contributed by atoms with Gasteiger partial charge in [-0.05, 0) is 25.0 Å². The zero-order valence-electron chi connectivity index (χ0n) is 17.1. The Morgan fingerprint density at radius 2 is 2.03 bits per heavy atom. The van der Waals surface area contributed by atoms with Gasteiger partial charge in [-0.1, -0.05) is 18.5 Å². The lowest BCUT2D eigenvalue weighted by Gasteiger charge is -2.32. The lowest BCUT2D eigenvalue weighted by atomic mass is 9.83. The molecule has 6 nitrogen and oxygen atoms in total. The standard InChI is InChI=1S/C21H22ClF2N3O3S/c1-21(5-7-31(28)8-6-21)20-26-15-4-3-14(10-16(15)27(20)2)30-19-17(29-12-18(23)24)9-13(22)11-25-19/h3-4,9-11,18H,5-8,12H2,1-2H3. The maximum Gasteiger partial charge on any atom is 0.272 e. The highest BCUT2D eigenvalue weighted by Crippen LogP contribution is 2.37. The highest BCUT2D eigenvalue weighted by Gasteiger charge is 2.35. The van der Waals surface area contributed by atoms with Gasteiger partial charge in [0.25, 0.3) is 12.3 Å². The Balaban J connectivity index is 1.63. The van der Waals surface area contributed by atoms with Crippen molar-refractivity contribution in [3.05, 3.63) is 41.3 Å². The monoisotopic (exact) mass is 469 g/mol. The van der Waals surface area contributed by atoms with Crippen molar-refractivity contribution in [3.63, 3.8) is 0 Å². The molecule has 1 aromatic carbocycles. The van der Waals surface area contributed by atoms with Gasteiger partial charge in [-0.25, -0.2) is 18.7 Å². The summed E-state index contributed by atoms with van der Waals surface area (Å²) in [6, 6.07) is 6.79. The number of hydrogen-bond acceptors (Lipinski definition) is 5. The van der Waals surface area contributed by atoms with Crippen LogP contribution < -0.4 is 9.47 Å². The third-order valence-electron chi connectivity index (χ3n) is 5.52. The normalized spacial score (nSPS) is 21.5. The molecule has 2 aromatic heterocycles. The van der Waals surface area contributed by atoms with Crippen molar-refractivity contribution in [1.82, 2.24) is 14.5 Å². The number of benzene rings is 1. The van der Waals surface area contributed by atoms with E-state index in [0.29, 0.717) is 17.3 Å². The fourth-order valence-electron chi connectivity index (χ4n) is 3.75. The van der Waals surface area contributed by atoms with Gasteiger partial charge in [0.15, 0.2) is 5.75 Å². The van der Waals surface area contributed by atoms with Gasteiger partial charge in [0, 0.05) is 53.1 Å². The number of halogens is 3. The first kappa shape index (κ1) is 22.0. The van der Waals surface area contributed by atoms with Crippen molar-refractivity contribution in [3.8, 4) is 17.4 Å². The van der Waals surface area contributed by atoms with E-state index in [1.54, 1.807) is 6.07 Å². The van der Waals surface area contributed by atoms with Crippen LogP contribution in [0.3, 0.4) is 0 Å². The Hall–Kier alpha value is -2.26. The van der Waals surface area contributed by atoms with Crippen LogP contribution in [-0.2, 0) is 23.3 Å². The van der Waals surface area contributed by atoms with Crippen molar-refractivity contribution in [2.45, 2.75) is 31.6 Å². The summed E-state index contributed by atoms with van der Waals surface area (Å²) in [6.45, 7) is 1.37. The molecule has 3 aromatic rings. The summed E-state index contributed by atoms with van der Waals surface area (Å²) < 4.78 is 49.9. The molecule has 0 radical (unpaired) electrons.